The first-order valence-electron chi connectivity index (χ1n) is 7.17. The summed E-state index contributed by atoms with van der Waals surface area (Å²) in [6.45, 7) is 5.14. The second-order valence-corrected chi connectivity index (χ2v) is 5.43. The third-order valence-corrected chi connectivity index (χ3v) is 3.95. The van der Waals surface area contributed by atoms with Gasteiger partial charge < -0.3 is 9.88 Å². The van der Waals surface area contributed by atoms with E-state index in [0.29, 0.717) is 6.04 Å². The highest BCUT2D eigenvalue weighted by molar-refractivity contribution is 5.41. The van der Waals surface area contributed by atoms with Crippen molar-refractivity contribution in [3.63, 3.8) is 0 Å². The van der Waals surface area contributed by atoms with Crippen LogP contribution in [0, 0.1) is 5.92 Å². The van der Waals surface area contributed by atoms with Crippen LogP contribution in [0.1, 0.15) is 46.0 Å². The lowest BCUT2D eigenvalue weighted by molar-refractivity contribution is 0.481. The van der Waals surface area contributed by atoms with Crippen LogP contribution >= 0.6 is 0 Å². The van der Waals surface area contributed by atoms with Crippen LogP contribution in [0.25, 0.3) is 0 Å². The van der Waals surface area contributed by atoms with Gasteiger partial charge in [0.2, 0.25) is 0 Å². The molecule has 3 nitrogen and oxygen atoms in total. The predicted octanol–water partition coefficient (Wildman–Crippen LogP) is 3.25. The van der Waals surface area contributed by atoms with E-state index in [1.165, 1.54) is 25.7 Å². The standard InChI is InChI=1S/C15H24N2O/c1-3-10-17-11-14(8-9-15(17)18)16-12(2)13-6-4-5-7-13/h8-9,11-13,16H,3-7,10H2,1-2H3. The van der Waals surface area contributed by atoms with Crippen molar-refractivity contribution in [2.24, 2.45) is 5.92 Å². The molecule has 1 saturated carbocycles. The van der Waals surface area contributed by atoms with E-state index in [1.54, 1.807) is 10.6 Å². The zero-order chi connectivity index (χ0) is 13.0. The molecule has 100 valence electrons. The van der Waals surface area contributed by atoms with Crippen LogP contribution in [0.5, 0.6) is 0 Å². The third kappa shape index (κ3) is 3.15. The monoisotopic (exact) mass is 248 g/mol. The van der Waals surface area contributed by atoms with Crippen LogP contribution < -0.4 is 10.9 Å². The van der Waals surface area contributed by atoms with Crippen molar-refractivity contribution in [1.82, 2.24) is 4.57 Å². The maximum absolute atomic E-state index is 11.6. The molecule has 18 heavy (non-hydrogen) atoms. The predicted molar refractivity (Wildman–Crippen MR) is 76.0 cm³/mol. The number of rotatable bonds is 5. The molecule has 1 aromatic heterocycles. The molecule has 1 aromatic rings. The lowest BCUT2D eigenvalue weighted by Gasteiger charge is -2.22. The minimum atomic E-state index is 0.0934. The maximum Gasteiger partial charge on any atom is 0.250 e. The van der Waals surface area contributed by atoms with Crippen LogP contribution in [0.4, 0.5) is 5.69 Å². The molecule has 1 atom stereocenters. The van der Waals surface area contributed by atoms with Gasteiger partial charge >= 0.3 is 0 Å². The minimum absolute atomic E-state index is 0.0934. The molecule has 1 unspecified atom stereocenters. The summed E-state index contributed by atoms with van der Waals surface area (Å²) in [6, 6.07) is 4.07. The molecule has 1 heterocycles. The van der Waals surface area contributed by atoms with Crippen molar-refractivity contribution in [3.05, 3.63) is 28.7 Å². The summed E-state index contributed by atoms with van der Waals surface area (Å²) < 4.78 is 1.80. The second-order valence-electron chi connectivity index (χ2n) is 5.43. The molecule has 1 aliphatic rings. The number of pyridine rings is 1. The molecule has 2 rings (SSSR count). The van der Waals surface area contributed by atoms with Crippen LogP contribution in [0.2, 0.25) is 0 Å². The summed E-state index contributed by atoms with van der Waals surface area (Å²) >= 11 is 0. The normalized spacial score (nSPS) is 17.9. The fourth-order valence-electron chi connectivity index (χ4n) is 2.87. The molecular formula is C15H24N2O. The Morgan fingerprint density at radius 1 is 1.39 bits per heavy atom. The number of aromatic nitrogens is 1. The van der Waals surface area contributed by atoms with Crippen LogP contribution in [-0.2, 0) is 6.54 Å². The van der Waals surface area contributed by atoms with E-state index in [-0.39, 0.29) is 5.56 Å². The van der Waals surface area contributed by atoms with Gasteiger partial charge in [-0.2, -0.15) is 0 Å². The first kappa shape index (κ1) is 13.2. The first-order chi connectivity index (χ1) is 8.70. The van der Waals surface area contributed by atoms with Crippen LogP contribution in [0.15, 0.2) is 23.1 Å². The molecule has 1 N–H and O–H groups in total. The summed E-state index contributed by atoms with van der Waals surface area (Å²) in [4.78, 5) is 11.6. The maximum atomic E-state index is 11.6. The van der Waals surface area contributed by atoms with Crippen molar-refractivity contribution in [2.75, 3.05) is 5.32 Å². The first-order valence-corrected chi connectivity index (χ1v) is 7.17. The molecular weight excluding hydrogens is 224 g/mol. The third-order valence-electron chi connectivity index (χ3n) is 3.95. The van der Waals surface area contributed by atoms with Crippen molar-refractivity contribution < 1.29 is 0 Å². The quantitative estimate of drug-likeness (QED) is 0.868. The van der Waals surface area contributed by atoms with Crippen molar-refractivity contribution in [2.45, 2.75) is 58.5 Å². The average Bonchev–Trinajstić information content (AvgIpc) is 2.87. The van der Waals surface area contributed by atoms with Gasteiger partial charge in [-0.3, -0.25) is 4.79 Å². The number of hydrogen-bond acceptors (Lipinski definition) is 2. The highest BCUT2D eigenvalue weighted by atomic mass is 16.1. The highest BCUT2D eigenvalue weighted by Crippen LogP contribution is 2.28. The summed E-state index contributed by atoms with van der Waals surface area (Å²) in [6.07, 6.45) is 8.35. The highest BCUT2D eigenvalue weighted by Gasteiger charge is 2.21. The summed E-state index contributed by atoms with van der Waals surface area (Å²) in [5.41, 5.74) is 1.17. The van der Waals surface area contributed by atoms with Gasteiger partial charge in [-0.15, -0.1) is 0 Å². The van der Waals surface area contributed by atoms with Crippen LogP contribution in [0.3, 0.4) is 0 Å². The fourth-order valence-corrected chi connectivity index (χ4v) is 2.87. The summed E-state index contributed by atoms with van der Waals surface area (Å²) in [7, 11) is 0. The summed E-state index contributed by atoms with van der Waals surface area (Å²) in [5.74, 6) is 0.788. The molecule has 1 aliphatic carbocycles. The van der Waals surface area contributed by atoms with Gasteiger partial charge in [0.05, 0.1) is 5.69 Å². The zero-order valence-corrected chi connectivity index (χ0v) is 11.5. The van der Waals surface area contributed by atoms with Crippen molar-refractivity contribution in [1.29, 1.82) is 0 Å². The van der Waals surface area contributed by atoms with Gasteiger partial charge in [0.1, 0.15) is 0 Å². The average molecular weight is 248 g/mol. The Balaban J connectivity index is 2.04. The Kier molecular flexibility index (Phi) is 4.45. The van der Waals surface area contributed by atoms with E-state index in [9.17, 15) is 4.79 Å². The Bertz CT molecular complexity index is 432. The lowest BCUT2D eigenvalue weighted by Crippen LogP contribution is -2.25. The van der Waals surface area contributed by atoms with E-state index in [1.807, 2.05) is 12.3 Å². The smallest absolute Gasteiger partial charge is 0.250 e. The second kappa shape index (κ2) is 6.07. The number of hydrogen-bond donors (Lipinski definition) is 1. The SMILES string of the molecule is CCCn1cc(NC(C)C2CCCC2)ccc1=O. The summed E-state index contributed by atoms with van der Waals surface area (Å²) in [5, 5.41) is 3.55. The molecule has 0 aromatic carbocycles. The van der Waals surface area contributed by atoms with E-state index in [0.717, 1.165) is 24.6 Å². The molecule has 0 spiro atoms. The fraction of sp³-hybridized carbons (Fsp3) is 0.667. The van der Waals surface area contributed by atoms with E-state index in [4.69, 9.17) is 0 Å². The largest absolute Gasteiger partial charge is 0.381 e. The van der Waals surface area contributed by atoms with Crippen molar-refractivity contribution in [3.8, 4) is 0 Å². The Morgan fingerprint density at radius 3 is 2.78 bits per heavy atom. The Hall–Kier alpha value is -1.25. The van der Waals surface area contributed by atoms with E-state index < -0.39 is 0 Å². The van der Waals surface area contributed by atoms with Gasteiger partial charge in [-0.05, 0) is 38.2 Å². The zero-order valence-electron chi connectivity index (χ0n) is 11.5. The molecule has 0 aliphatic heterocycles. The van der Waals surface area contributed by atoms with Crippen LogP contribution in [-0.4, -0.2) is 10.6 Å². The van der Waals surface area contributed by atoms with Gasteiger partial charge in [0, 0.05) is 24.8 Å². The topological polar surface area (TPSA) is 34.0 Å². The molecule has 0 saturated heterocycles. The van der Waals surface area contributed by atoms with E-state index >= 15 is 0 Å². The molecule has 0 bridgehead atoms. The van der Waals surface area contributed by atoms with Gasteiger partial charge in [-0.1, -0.05) is 19.8 Å². The van der Waals surface area contributed by atoms with Gasteiger partial charge in [0.25, 0.3) is 5.56 Å². The molecule has 3 heteroatoms. The molecule has 0 amide bonds. The molecule has 1 fully saturated rings. The minimum Gasteiger partial charge on any atom is -0.381 e. The van der Waals surface area contributed by atoms with E-state index in [2.05, 4.69) is 19.2 Å². The number of aryl methyl sites for hydroxylation is 1. The number of anilines is 1. The van der Waals surface area contributed by atoms with Gasteiger partial charge in [0.15, 0.2) is 0 Å². The van der Waals surface area contributed by atoms with Gasteiger partial charge in [-0.25, -0.2) is 0 Å². The lowest BCUT2D eigenvalue weighted by atomic mass is 10.00. The molecule has 0 radical (unpaired) electrons. The Morgan fingerprint density at radius 2 is 2.11 bits per heavy atom. The Labute approximate surface area is 109 Å². The number of nitrogens with zero attached hydrogens (tertiary/aromatic N) is 1. The van der Waals surface area contributed by atoms with Crippen molar-refractivity contribution >= 4 is 5.69 Å². The number of nitrogens with one attached hydrogen (secondary N) is 1.